The zero-order valence-electron chi connectivity index (χ0n) is 31.8. The van der Waals surface area contributed by atoms with E-state index < -0.39 is 43.8 Å². The Morgan fingerprint density at radius 3 is 2.06 bits per heavy atom. The minimum atomic E-state index is -1.58. The van der Waals surface area contributed by atoms with Crippen molar-refractivity contribution in [2.75, 3.05) is 34.5 Å². The molecule has 290 valence electrons. The summed E-state index contributed by atoms with van der Waals surface area (Å²) in [6.07, 6.45) is 2.32. The van der Waals surface area contributed by atoms with Gasteiger partial charge in [0, 0.05) is 44.4 Å². The summed E-state index contributed by atoms with van der Waals surface area (Å²) >= 11 is 1.92. The van der Waals surface area contributed by atoms with Crippen molar-refractivity contribution in [3.05, 3.63) is 126 Å². The van der Waals surface area contributed by atoms with E-state index in [0.717, 1.165) is 16.7 Å². The molecule has 14 heteroatoms. The molecule has 4 atom stereocenters. The molecule has 54 heavy (non-hydrogen) atoms. The molecule has 0 spiro atoms. The smallest absolute Gasteiger partial charge is 0.330 e. The van der Waals surface area contributed by atoms with Crippen LogP contribution >= 0.6 is 31.1 Å². The van der Waals surface area contributed by atoms with Crippen molar-refractivity contribution < 1.29 is 28.0 Å². The molecular formula is C40H50IN4O8P. The lowest BCUT2D eigenvalue weighted by atomic mass is 9.80. The van der Waals surface area contributed by atoms with E-state index >= 15 is 0 Å². The number of hydrogen-bond donors (Lipinski definition) is 1. The molecule has 0 radical (unpaired) electrons. The van der Waals surface area contributed by atoms with Crippen molar-refractivity contribution >= 4 is 37.3 Å². The minimum Gasteiger partial charge on any atom is -0.497 e. The van der Waals surface area contributed by atoms with E-state index in [1.807, 2.05) is 108 Å². The zero-order valence-corrected chi connectivity index (χ0v) is 34.9. The van der Waals surface area contributed by atoms with Gasteiger partial charge in [-0.25, -0.2) is 9.46 Å². The molecular weight excluding hydrogens is 822 g/mol. The molecule has 1 N–H and O–H groups in total. The highest BCUT2D eigenvalue weighted by molar-refractivity contribution is 14.1. The average Bonchev–Trinajstić information content (AvgIpc) is 3.57. The lowest BCUT2D eigenvalue weighted by molar-refractivity contribution is -0.0926. The van der Waals surface area contributed by atoms with Gasteiger partial charge in [0.15, 0.2) is 0 Å². The summed E-state index contributed by atoms with van der Waals surface area (Å²) in [6.45, 7) is 8.94. The average molecular weight is 873 g/mol. The van der Waals surface area contributed by atoms with Crippen LogP contribution in [0.2, 0.25) is 0 Å². The second-order valence-corrected chi connectivity index (χ2v) is 15.9. The van der Waals surface area contributed by atoms with E-state index in [1.165, 1.54) is 10.8 Å². The second kappa shape index (κ2) is 19.4. The van der Waals surface area contributed by atoms with Gasteiger partial charge in [-0.1, -0.05) is 54.6 Å². The van der Waals surface area contributed by atoms with E-state index in [2.05, 4.69) is 42.3 Å². The molecule has 0 amide bonds. The summed E-state index contributed by atoms with van der Waals surface area (Å²) in [4.78, 5) is 32.0. The number of halogens is 1. The predicted octanol–water partition coefficient (Wildman–Crippen LogP) is 7.29. The number of nitrogens with one attached hydrogen (secondary N) is 1. The van der Waals surface area contributed by atoms with Crippen LogP contribution in [-0.2, 0) is 24.1 Å². The van der Waals surface area contributed by atoms with Gasteiger partial charge in [-0.2, -0.15) is 0 Å². The fourth-order valence-corrected chi connectivity index (χ4v) is 8.85. The van der Waals surface area contributed by atoms with Gasteiger partial charge < -0.3 is 33.0 Å². The van der Waals surface area contributed by atoms with Crippen molar-refractivity contribution in [1.29, 1.82) is 0 Å². The third kappa shape index (κ3) is 9.68. The lowest BCUT2D eigenvalue weighted by Crippen LogP contribution is -2.39. The zero-order chi connectivity index (χ0) is 38.8. The van der Waals surface area contributed by atoms with Crippen molar-refractivity contribution in [2.24, 2.45) is 4.99 Å². The maximum absolute atomic E-state index is 13.2. The van der Waals surface area contributed by atoms with Crippen LogP contribution in [0.15, 0.2) is 99.6 Å². The first-order valence-electron chi connectivity index (χ1n) is 18.0. The third-order valence-electron chi connectivity index (χ3n) is 9.16. The van der Waals surface area contributed by atoms with Gasteiger partial charge >= 0.3 is 5.69 Å². The van der Waals surface area contributed by atoms with Crippen LogP contribution in [0.5, 0.6) is 11.5 Å². The Balaban J connectivity index is 1.60. The number of aromatic amines is 1. The highest BCUT2D eigenvalue weighted by Gasteiger charge is 2.45. The van der Waals surface area contributed by atoms with E-state index in [1.54, 1.807) is 21.3 Å². The highest BCUT2D eigenvalue weighted by atomic mass is 127. The minimum absolute atomic E-state index is 0.0678. The number of aliphatic imine (C=N–C) groups is 1. The summed E-state index contributed by atoms with van der Waals surface area (Å²) in [6, 6.07) is 25.9. The normalized spacial score (nSPS) is 18.2. The molecule has 0 saturated carbocycles. The standard InChI is InChI=1S/C40H50IN4O8P/c1-27(2)45(28(3)4)54(51-23-11-22-42-5)53-35-24-37(44-25-34(41)38(46)43-39(44)47)52-36(35)26-50-40(29-12-9-8-10-13-29,30-14-18-32(48-6)19-15-30)31-16-20-33(49-7)21-17-31/h8-10,12-22,25,27-28,35-37H,11,23-24,26H2,1-7H3,(H,43,46,47). The maximum Gasteiger partial charge on any atom is 0.330 e. The van der Waals surface area contributed by atoms with Gasteiger partial charge in [-0.15, -0.1) is 0 Å². The third-order valence-corrected chi connectivity index (χ3v) is 12.1. The Morgan fingerprint density at radius 2 is 1.52 bits per heavy atom. The molecule has 5 rings (SSSR count). The van der Waals surface area contributed by atoms with Crippen molar-refractivity contribution in [2.45, 2.75) is 76.7 Å². The number of aromatic nitrogens is 2. The number of nitrogens with zero attached hydrogens (tertiary/aromatic N) is 3. The van der Waals surface area contributed by atoms with Crippen LogP contribution in [0.25, 0.3) is 0 Å². The van der Waals surface area contributed by atoms with Crippen molar-refractivity contribution in [3.8, 4) is 11.5 Å². The largest absolute Gasteiger partial charge is 0.497 e. The predicted molar refractivity (Wildman–Crippen MR) is 220 cm³/mol. The quantitative estimate of drug-likeness (QED) is 0.0361. The Hall–Kier alpha value is -3.43. The molecule has 1 aromatic heterocycles. The first kappa shape index (κ1) is 41.7. The molecule has 12 nitrogen and oxygen atoms in total. The Morgan fingerprint density at radius 1 is 0.944 bits per heavy atom. The second-order valence-electron chi connectivity index (χ2n) is 13.3. The van der Waals surface area contributed by atoms with Crippen LogP contribution in [-0.4, -0.2) is 79.2 Å². The maximum atomic E-state index is 13.2. The van der Waals surface area contributed by atoms with Gasteiger partial charge in [-0.05, 0) is 91.2 Å². The van der Waals surface area contributed by atoms with E-state index in [-0.39, 0.29) is 18.7 Å². The molecule has 3 aromatic carbocycles. The monoisotopic (exact) mass is 872 g/mol. The van der Waals surface area contributed by atoms with Crippen LogP contribution in [0.3, 0.4) is 0 Å². The summed E-state index contributed by atoms with van der Waals surface area (Å²) in [7, 11) is 3.43. The van der Waals surface area contributed by atoms with Crippen LogP contribution in [0.4, 0.5) is 0 Å². The molecule has 2 heterocycles. The van der Waals surface area contributed by atoms with Crippen LogP contribution in [0.1, 0.15) is 63.5 Å². The molecule has 1 saturated heterocycles. The molecule has 1 aliphatic heterocycles. The number of benzene rings is 3. The van der Waals surface area contributed by atoms with Gasteiger partial charge in [0.05, 0.1) is 37.1 Å². The Bertz CT molecular complexity index is 1870. The van der Waals surface area contributed by atoms with Gasteiger partial charge in [0.2, 0.25) is 0 Å². The van der Waals surface area contributed by atoms with E-state index in [0.29, 0.717) is 34.5 Å². The first-order valence-corrected chi connectivity index (χ1v) is 20.2. The van der Waals surface area contributed by atoms with Crippen molar-refractivity contribution in [1.82, 2.24) is 14.2 Å². The van der Waals surface area contributed by atoms with Crippen LogP contribution < -0.4 is 20.7 Å². The number of methoxy groups -OCH3 is 2. The summed E-state index contributed by atoms with van der Waals surface area (Å²) in [5.74, 6) is 1.43. The Kier molecular flexibility index (Phi) is 15.0. The Labute approximate surface area is 331 Å². The van der Waals surface area contributed by atoms with Gasteiger partial charge in [0.1, 0.15) is 29.4 Å². The van der Waals surface area contributed by atoms with Crippen molar-refractivity contribution in [3.63, 3.8) is 0 Å². The van der Waals surface area contributed by atoms with Gasteiger partial charge in [-0.3, -0.25) is 14.3 Å². The number of rotatable bonds is 18. The molecule has 0 bridgehead atoms. The first-order chi connectivity index (χ1) is 26.0. The fourth-order valence-electron chi connectivity index (χ4n) is 6.64. The topological polar surface area (TPSA) is 126 Å². The summed E-state index contributed by atoms with van der Waals surface area (Å²) in [5, 5.41) is 0. The molecule has 1 fully saturated rings. The molecule has 4 aromatic rings. The lowest BCUT2D eigenvalue weighted by Gasteiger charge is -2.39. The number of ether oxygens (including phenoxy) is 4. The fraction of sp³-hybridized carbons (Fsp3) is 0.425. The number of H-pyrrole nitrogens is 1. The molecule has 1 aliphatic rings. The van der Waals surface area contributed by atoms with Crippen LogP contribution in [0, 0.1) is 3.57 Å². The SMILES string of the molecule is CN=CCCOP(OC1CC(n2cc(I)c(=O)[nH]c2=O)OC1COC(c1ccccc1)(c1ccc(OC)cc1)c1ccc(OC)cc1)N(C(C)C)C(C)C. The summed E-state index contributed by atoms with van der Waals surface area (Å²) < 4.78 is 42.5. The molecule has 4 unspecified atom stereocenters. The van der Waals surface area contributed by atoms with E-state index in [4.69, 9.17) is 28.0 Å². The molecule has 0 aliphatic carbocycles. The number of hydrogen-bond acceptors (Lipinski definition) is 10. The summed E-state index contributed by atoms with van der Waals surface area (Å²) in [5.41, 5.74) is 0.501. The van der Waals surface area contributed by atoms with Gasteiger partial charge in [0.25, 0.3) is 14.1 Å². The highest BCUT2D eigenvalue weighted by Crippen LogP contribution is 2.50. The van der Waals surface area contributed by atoms with E-state index in [9.17, 15) is 9.59 Å².